The lowest BCUT2D eigenvalue weighted by Gasteiger charge is -2.17. The Hall–Kier alpha value is -2.29. The monoisotopic (exact) mass is 239 g/mol. The molecule has 1 N–H and O–H groups in total. The molecule has 2 aromatic rings. The van der Waals surface area contributed by atoms with Gasteiger partial charge in [-0.2, -0.15) is 0 Å². The number of hydrogen-bond acceptors (Lipinski definition) is 2. The molecular formula is C15H13NO2. The van der Waals surface area contributed by atoms with Crippen LogP contribution in [0.25, 0.3) is 11.1 Å². The van der Waals surface area contributed by atoms with Gasteiger partial charge in [-0.25, -0.2) is 0 Å². The molecule has 0 saturated heterocycles. The van der Waals surface area contributed by atoms with Gasteiger partial charge in [-0.3, -0.25) is 4.79 Å². The van der Waals surface area contributed by atoms with Gasteiger partial charge in [-0.1, -0.05) is 24.3 Å². The normalized spacial score (nSPS) is 13.8. The molecule has 1 heterocycles. The molecule has 0 bridgehead atoms. The Labute approximate surface area is 105 Å². The molecule has 1 amide bonds. The minimum atomic E-state index is 0.0341. The summed E-state index contributed by atoms with van der Waals surface area (Å²) in [4.78, 5) is 13.8. The molecule has 90 valence electrons. The number of nitrogens with zero attached hydrogens (tertiary/aromatic N) is 1. The quantitative estimate of drug-likeness (QED) is 0.767. The number of rotatable bonds is 0. The van der Waals surface area contributed by atoms with Crippen LogP contribution in [-0.2, 0) is 11.2 Å². The van der Waals surface area contributed by atoms with E-state index in [4.69, 9.17) is 0 Å². The predicted molar refractivity (Wildman–Crippen MR) is 70.7 cm³/mol. The highest BCUT2D eigenvalue weighted by Crippen LogP contribution is 2.37. The largest absolute Gasteiger partial charge is 0.508 e. The van der Waals surface area contributed by atoms with Gasteiger partial charge < -0.3 is 10.0 Å². The maximum absolute atomic E-state index is 12.1. The fourth-order valence-electron chi connectivity index (χ4n) is 2.40. The molecule has 3 nitrogen and oxygen atoms in total. The van der Waals surface area contributed by atoms with Crippen molar-refractivity contribution in [1.82, 2.24) is 0 Å². The Balaban J connectivity index is 2.32. The van der Waals surface area contributed by atoms with E-state index < -0.39 is 0 Å². The van der Waals surface area contributed by atoms with E-state index in [9.17, 15) is 9.90 Å². The highest BCUT2D eigenvalue weighted by molar-refractivity contribution is 6.02. The van der Waals surface area contributed by atoms with Crippen LogP contribution in [-0.4, -0.2) is 18.1 Å². The zero-order chi connectivity index (χ0) is 12.7. The van der Waals surface area contributed by atoms with Gasteiger partial charge in [0.2, 0.25) is 5.91 Å². The average Bonchev–Trinajstić information content (AvgIpc) is 2.47. The third-order valence-electron chi connectivity index (χ3n) is 3.36. The molecule has 0 spiro atoms. The molecule has 0 atom stereocenters. The van der Waals surface area contributed by atoms with Crippen LogP contribution in [0.4, 0.5) is 5.69 Å². The van der Waals surface area contributed by atoms with E-state index in [-0.39, 0.29) is 11.7 Å². The smallest absolute Gasteiger partial charge is 0.231 e. The number of para-hydroxylation sites is 1. The summed E-state index contributed by atoms with van der Waals surface area (Å²) in [6.45, 7) is 0. The maximum atomic E-state index is 12.1. The third kappa shape index (κ3) is 1.56. The van der Waals surface area contributed by atoms with Crippen molar-refractivity contribution in [3.05, 3.63) is 48.0 Å². The zero-order valence-electron chi connectivity index (χ0n) is 10.1. The molecule has 3 rings (SSSR count). The Morgan fingerprint density at radius 2 is 1.89 bits per heavy atom. The van der Waals surface area contributed by atoms with Gasteiger partial charge in [0.15, 0.2) is 0 Å². The van der Waals surface area contributed by atoms with Crippen molar-refractivity contribution in [1.29, 1.82) is 0 Å². The van der Waals surface area contributed by atoms with E-state index in [1.165, 1.54) is 0 Å². The first kappa shape index (κ1) is 10.8. The lowest BCUT2D eigenvalue weighted by atomic mass is 9.97. The molecule has 2 aromatic carbocycles. The number of anilines is 1. The summed E-state index contributed by atoms with van der Waals surface area (Å²) < 4.78 is 0. The van der Waals surface area contributed by atoms with Crippen LogP contribution in [0.2, 0.25) is 0 Å². The molecule has 1 aliphatic rings. The van der Waals surface area contributed by atoms with Crippen molar-refractivity contribution in [3.8, 4) is 16.9 Å². The van der Waals surface area contributed by atoms with E-state index >= 15 is 0 Å². The lowest BCUT2D eigenvalue weighted by Crippen LogP contribution is -2.26. The fourth-order valence-corrected chi connectivity index (χ4v) is 2.40. The number of carbonyl (C=O) groups excluding carboxylic acids is 1. The number of phenols is 1. The number of likely N-dealkylation sites (N-methyl/N-ethyl adjacent to an activating group) is 1. The number of carbonyl (C=O) groups is 1. The zero-order valence-corrected chi connectivity index (χ0v) is 10.1. The molecule has 0 fully saturated rings. The van der Waals surface area contributed by atoms with Crippen LogP contribution in [0.5, 0.6) is 5.75 Å². The Kier molecular flexibility index (Phi) is 2.33. The van der Waals surface area contributed by atoms with Gasteiger partial charge in [-0.15, -0.1) is 0 Å². The van der Waals surface area contributed by atoms with Gasteiger partial charge in [-0.05, 0) is 29.3 Å². The van der Waals surface area contributed by atoms with E-state index in [1.807, 2.05) is 30.3 Å². The summed E-state index contributed by atoms with van der Waals surface area (Å²) in [5.41, 5.74) is 3.82. The highest BCUT2D eigenvalue weighted by atomic mass is 16.3. The molecule has 1 aliphatic heterocycles. The van der Waals surface area contributed by atoms with Gasteiger partial charge in [0.25, 0.3) is 0 Å². The van der Waals surface area contributed by atoms with Crippen LogP contribution < -0.4 is 4.90 Å². The van der Waals surface area contributed by atoms with Gasteiger partial charge in [0.1, 0.15) is 5.75 Å². The molecule has 18 heavy (non-hydrogen) atoms. The summed E-state index contributed by atoms with van der Waals surface area (Å²) in [6.07, 6.45) is 0.314. The average molecular weight is 239 g/mol. The number of phenolic OH excluding ortho intramolecular Hbond substituents is 1. The summed E-state index contributed by atoms with van der Waals surface area (Å²) in [5, 5.41) is 9.56. The van der Waals surface area contributed by atoms with E-state index in [0.29, 0.717) is 6.42 Å². The molecule has 3 heteroatoms. The van der Waals surface area contributed by atoms with Gasteiger partial charge >= 0.3 is 0 Å². The van der Waals surface area contributed by atoms with Crippen LogP contribution >= 0.6 is 0 Å². The SMILES string of the molecule is CN1C(=O)Cc2cc(O)ccc2-c2ccccc21. The molecule has 0 radical (unpaired) electrons. The number of aromatic hydroxyl groups is 1. The first-order valence-corrected chi connectivity index (χ1v) is 5.84. The number of benzene rings is 2. The Morgan fingerprint density at radius 3 is 2.72 bits per heavy atom. The lowest BCUT2D eigenvalue weighted by molar-refractivity contribution is -0.117. The van der Waals surface area contributed by atoms with Crippen molar-refractivity contribution in [2.75, 3.05) is 11.9 Å². The minimum Gasteiger partial charge on any atom is -0.508 e. The van der Waals surface area contributed by atoms with Crippen molar-refractivity contribution in [2.45, 2.75) is 6.42 Å². The number of fused-ring (bicyclic) bond motifs is 3. The third-order valence-corrected chi connectivity index (χ3v) is 3.36. The molecule has 0 aliphatic carbocycles. The minimum absolute atomic E-state index is 0.0341. The summed E-state index contributed by atoms with van der Waals surface area (Å²) >= 11 is 0. The van der Waals surface area contributed by atoms with Crippen LogP contribution in [0, 0.1) is 0 Å². The van der Waals surface area contributed by atoms with Crippen LogP contribution in [0.15, 0.2) is 42.5 Å². The summed E-state index contributed by atoms with van der Waals surface area (Å²) in [6, 6.07) is 13.0. The second-order valence-electron chi connectivity index (χ2n) is 4.49. The first-order valence-electron chi connectivity index (χ1n) is 5.84. The Bertz CT molecular complexity index is 634. The van der Waals surface area contributed by atoms with E-state index in [2.05, 4.69) is 0 Å². The van der Waals surface area contributed by atoms with Crippen molar-refractivity contribution >= 4 is 11.6 Å². The summed E-state index contributed by atoms with van der Waals surface area (Å²) in [7, 11) is 1.78. The van der Waals surface area contributed by atoms with Gasteiger partial charge in [0.05, 0.1) is 12.1 Å². The fraction of sp³-hybridized carbons (Fsp3) is 0.133. The van der Waals surface area contributed by atoms with Gasteiger partial charge in [0, 0.05) is 12.6 Å². The van der Waals surface area contributed by atoms with E-state index in [0.717, 1.165) is 22.4 Å². The van der Waals surface area contributed by atoms with Crippen LogP contribution in [0.3, 0.4) is 0 Å². The summed E-state index contributed by atoms with van der Waals surface area (Å²) in [5.74, 6) is 0.232. The van der Waals surface area contributed by atoms with Crippen molar-refractivity contribution in [2.24, 2.45) is 0 Å². The topological polar surface area (TPSA) is 40.5 Å². The molecular weight excluding hydrogens is 226 g/mol. The van der Waals surface area contributed by atoms with Crippen molar-refractivity contribution < 1.29 is 9.90 Å². The number of hydrogen-bond donors (Lipinski definition) is 1. The molecule has 0 unspecified atom stereocenters. The van der Waals surface area contributed by atoms with E-state index in [1.54, 1.807) is 24.1 Å². The van der Waals surface area contributed by atoms with Crippen molar-refractivity contribution in [3.63, 3.8) is 0 Å². The predicted octanol–water partition coefficient (Wildman–Crippen LogP) is 2.58. The second-order valence-corrected chi connectivity index (χ2v) is 4.49. The molecule has 0 saturated carbocycles. The molecule has 0 aromatic heterocycles. The first-order chi connectivity index (χ1) is 8.66. The van der Waals surface area contributed by atoms with Crippen LogP contribution in [0.1, 0.15) is 5.56 Å². The second kappa shape index (κ2) is 3.88. The highest BCUT2D eigenvalue weighted by Gasteiger charge is 2.22. The Morgan fingerprint density at radius 1 is 1.11 bits per heavy atom. The number of amides is 1. The maximum Gasteiger partial charge on any atom is 0.231 e. The standard InChI is InChI=1S/C15H13NO2/c1-16-14-5-3-2-4-13(14)12-7-6-11(17)8-10(12)9-15(16)18/h2-8,17H,9H2,1H3.